The van der Waals surface area contributed by atoms with Crippen LogP contribution in [0.3, 0.4) is 0 Å². The van der Waals surface area contributed by atoms with Gasteiger partial charge in [-0.05, 0) is 104 Å². The normalized spacial score (nSPS) is 14.2. The minimum atomic E-state index is -1.26. The molecular formula is C34H40ClN3O4. The van der Waals surface area contributed by atoms with E-state index in [0.717, 1.165) is 49.9 Å². The second-order valence-corrected chi connectivity index (χ2v) is 10.9. The van der Waals surface area contributed by atoms with E-state index in [4.69, 9.17) is 21.8 Å². The van der Waals surface area contributed by atoms with Crippen LogP contribution in [-0.2, 0) is 16.1 Å². The smallest absolute Gasteiger partial charge is 0.328 e. The molecule has 2 heterocycles. The van der Waals surface area contributed by atoms with Gasteiger partial charge in [0.2, 0.25) is 0 Å². The number of hydrogen-bond acceptors (Lipinski definition) is 5. The first-order valence-electron chi connectivity index (χ1n) is 14.1. The lowest BCUT2D eigenvalue weighted by atomic mass is 9.98. The van der Waals surface area contributed by atoms with Crippen molar-refractivity contribution in [3.8, 4) is 11.3 Å². The number of aryl methyl sites for hydroxylation is 2. The van der Waals surface area contributed by atoms with Crippen molar-refractivity contribution in [3.63, 3.8) is 0 Å². The number of halogens is 1. The summed E-state index contributed by atoms with van der Waals surface area (Å²) in [5.74, 6) is -2.51. The Morgan fingerprint density at radius 3 is 2.07 bits per heavy atom. The molecule has 222 valence electrons. The van der Waals surface area contributed by atoms with E-state index >= 15 is 0 Å². The molecule has 1 aromatic heterocycles. The topological polar surface area (TPSA) is 94.0 Å². The molecule has 1 saturated heterocycles. The zero-order chi connectivity index (χ0) is 30.5. The quantitative estimate of drug-likeness (QED) is 0.202. The van der Waals surface area contributed by atoms with E-state index < -0.39 is 11.9 Å². The highest BCUT2D eigenvalue weighted by Gasteiger charge is 2.17. The summed E-state index contributed by atoms with van der Waals surface area (Å²) in [6.07, 6.45) is 9.86. The van der Waals surface area contributed by atoms with Crippen molar-refractivity contribution in [1.29, 1.82) is 0 Å². The molecular weight excluding hydrogens is 550 g/mol. The number of piperazine rings is 1. The zero-order valence-corrected chi connectivity index (χ0v) is 25.3. The first kappa shape index (κ1) is 32.7. The van der Waals surface area contributed by atoms with Crippen LogP contribution in [-0.4, -0.2) is 69.7 Å². The number of hydrogen-bond donors (Lipinski definition) is 2. The average Bonchev–Trinajstić information content (AvgIpc) is 2.97. The van der Waals surface area contributed by atoms with E-state index in [2.05, 4.69) is 84.1 Å². The first-order valence-corrected chi connectivity index (χ1v) is 14.5. The predicted molar refractivity (Wildman–Crippen MR) is 170 cm³/mol. The second-order valence-electron chi connectivity index (χ2n) is 10.5. The molecule has 0 radical (unpaired) electrons. The van der Waals surface area contributed by atoms with E-state index in [-0.39, 0.29) is 0 Å². The first-order chi connectivity index (χ1) is 20.1. The third-order valence-electron chi connectivity index (χ3n) is 7.31. The molecule has 4 rings (SSSR count). The molecule has 2 N–H and O–H groups in total. The Morgan fingerprint density at radius 2 is 1.48 bits per heavy atom. The Balaban J connectivity index is 0.000000531. The number of nitrogens with zero attached hydrogens (tertiary/aromatic N) is 3. The van der Waals surface area contributed by atoms with E-state index in [0.29, 0.717) is 12.2 Å². The van der Waals surface area contributed by atoms with Gasteiger partial charge in [0.15, 0.2) is 0 Å². The maximum Gasteiger partial charge on any atom is 0.328 e. The molecule has 1 aliphatic rings. The summed E-state index contributed by atoms with van der Waals surface area (Å²) in [7, 11) is 0. The van der Waals surface area contributed by atoms with Gasteiger partial charge in [0.05, 0.1) is 5.69 Å². The lowest BCUT2D eigenvalue weighted by Gasteiger charge is -2.34. The van der Waals surface area contributed by atoms with Crippen molar-refractivity contribution >= 4 is 29.6 Å². The summed E-state index contributed by atoms with van der Waals surface area (Å²) < 4.78 is 0. The van der Waals surface area contributed by atoms with Gasteiger partial charge in [-0.3, -0.25) is 9.88 Å². The number of aromatic nitrogens is 1. The van der Waals surface area contributed by atoms with Crippen molar-refractivity contribution in [1.82, 2.24) is 14.8 Å². The summed E-state index contributed by atoms with van der Waals surface area (Å²) in [5.41, 5.74) is 8.89. The number of benzene rings is 2. The molecule has 0 aliphatic carbocycles. The van der Waals surface area contributed by atoms with E-state index in [1.165, 1.54) is 46.3 Å². The van der Waals surface area contributed by atoms with Gasteiger partial charge >= 0.3 is 11.9 Å². The number of allylic oxidation sites excluding steroid dienone is 1. The molecule has 0 spiro atoms. The lowest BCUT2D eigenvalue weighted by molar-refractivity contribution is -0.134. The molecule has 3 aromatic rings. The highest BCUT2D eigenvalue weighted by molar-refractivity contribution is 6.30. The third-order valence-corrected chi connectivity index (χ3v) is 7.56. The number of carboxylic acids is 2. The van der Waals surface area contributed by atoms with Crippen molar-refractivity contribution in [2.24, 2.45) is 0 Å². The van der Waals surface area contributed by atoms with Gasteiger partial charge in [-0.25, -0.2) is 9.59 Å². The lowest BCUT2D eigenvalue weighted by Crippen LogP contribution is -2.46. The van der Waals surface area contributed by atoms with Crippen LogP contribution >= 0.6 is 11.6 Å². The molecule has 42 heavy (non-hydrogen) atoms. The molecule has 2 aromatic carbocycles. The van der Waals surface area contributed by atoms with E-state index in [1.807, 2.05) is 18.3 Å². The van der Waals surface area contributed by atoms with Crippen LogP contribution in [0.2, 0.25) is 5.02 Å². The molecule has 0 saturated carbocycles. The third kappa shape index (κ3) is 11.2. The van der Waals surface area contributed by atoms with Crippen LogP contribution in [0.1, 0.15) is 40.7 Å². The van der Waals surface area contributed by atoms with Crippen molar-refractivity contribution < 1.29 is 19.8 Å². The fraction of sp³-hybridized carbons (Fsp3) is 0.324. The summed E-state index contributed by atoms with van der Waals surface area (Å²) >= 11 is 5.95. The van der Waals surface area contributed by atoms with Gasteiger partial charge in [0.25, 0.3) is 0 Å². The summed E-state index contributed by atoms with van der Waals surface area (Å²) in [6, 6.07) is 17.0. The Morgan fingerprint density at radius 1 is 0.881 bits per heavy atom. The van der Waals surface area contributed by atoms with E-state index in [9.17, 15) is 9.59 Å². The van der Waals surface area contributed by atoms with Crippen molar-refractivity contribution in [3.05, 3.63) is 106 Å². The van der Waals surface area contributed by atoms with Gasteiger partial charge in [-0.1, -0.05) is 35.9 Å². The number of unbranched alkanes of at least 4 members (excludes halogenated alkanes) is 1. The SMILES string of the molecule is Cc1cc(-c2cc(CN3CCN(CCC/C=C/c4ccc(Cl)cc4)CC3)ccn2)cc(C)c1C.O=C(O)/C=C/C(=O)O. The minimum absolute atomic E-state index is 0.558. The molecule has 1 aliphatic heterocycles. The highest BCUT2D eigenvalue weighted by atomic mass is 35.5. The fourth-order valence-corrected chi connectivity index (χ4v) is 4.84. The van der Waals surface area contributed by atoms with Crippen LogP contribution in [0.15, 0.2) is 73.0 Å². The Bertz CT molecular complexity index is 1360. The maximum absolute atomic E-state index is 9.55. The van der Waals surface area contributed by atoms with Gasteiger partial charge in [0, 0.05) is 61.7 Å². The number of carboxylic acid groups (broad SMARTS) is 2. The van der Waals surface area contributed by atoms with Crippen LogP contribution in [0.5, 0.6) is 0 Å². The van der Waals surface area contributed by atoms with Crippen LogP contribution in [0.4, 0.5) is 0 Å². The van der Waals surface area contributed by atoms with E-state index in [1.54, 1.807) is 0 Å². The molecule has 0 amide bonds. The Kier molecular flexibility index (Phi) is 12.9. The van der Waals surface area contributed by atoms with Crippen molar-refractivity contribution in [2.75, 3.05) is 32.7 Å². The van der Waals surface area contributed by atoms with Crippen molar-refractivity contribution in [2.45, 2.75) is 40.2 Å². The standard InChI is InChI=1S/C30H36ClN3.C4H4O4/c1-23-19-28(20-24(2)25(23)3)30-21-27(12-13-32-30)22-34-17-15-33(16-18-34)14-6-4-5-7-26-8-10-29(31)11-9-26;5-3(6)1-2-4(7)8/h5,7-13,19-21H,4,6,14-18,22H2,1-3H3;1-2H,(H,5,6)(H,7,8)/b7-5+;2-1+. The molecule has 7 nitrogen and oxygen atoms in total. The minimum Gasteiger partial charge on any atom is -0.478 e. The summed E-state index contributed by atoms with van der Waals surface area (Å²) in [4.78, 5) is 28.9. The summed E-state index contributed by atoms with van der Waals surface area (Å²) in [6.45, 7) is 13.3. The number of aliphatic carboxylic acids is 2. The Hall–Kier alpha value is -3.78. The van der Waals surface area contributed by atoms with Gasteiger partial charge < -0.3 is 15.1 Å². The molecule has 8 heteroatoms. The molecule has 1 fully saturated rings. The number of rotatable bonds is 10. The Labute approximate surface area is 253 Å². The van der Waals surface area contributed by atoms with Gasteiger partial charge in [-0.15, -0.1) is 0 Å². The molecule has 0 unspecified atom stereocenters. The summed E-state index contributed by atoms with van der Waals surface area (Å²) in [5, 5.41) is 16.4. The predicted octanol–water partition coefficient (Wildman–Crippen LogP) is 6.65. The van der Waals surface area contributed by atoms with Gasteiger partial charge in [-0.2, -0.15) is 0 Å². The number of carbonyl (C=O) groups is 2. The second kappa shape index (κ2) is 16.6. The number of pyridine rings is 1. The largest absolute Gasteiger partial charge is 0.478 e. The molecule has 0 bridgehead atoms. The highest BCUT2D eigenvalue weighted by Crippen LogP contribution is 2.24. The monoisotopic (exact) mass is 589 g/mol. The van der Waals surface area contributed by atoms with Crippen LogP contribution in [0, 0.1) is 20.8 Å². The van der Waals surface area contributed by atoms with Gasteiger partial charge in [0.1, 0.15) is 0 Å². The zero-order valence-electron chi connectivity index (χ0n) is 24.6. The molecule has 0 atom stereocenters. The van der Waals surface area contributed by atoms with Crippen LogP contribution < -0.4 is 0 Å². The fourth-order valence-electron chi connectivity index (χ4n) is 4.71. The van der Waals surface area contributed by atoms with Crippen LogP contribution in [0.25, 0.3) is 17.3 Å². The average molecular weight is 590 g/mol. The maximum atomic E-state index is 9.55.